The fourth-order valence-electron chi connectivity index (χ4n) is 3.80. The van der Waals surface area contributed by atoms with E-state index in [4.69, 9.17) is 9.47 Å². The standard InChI is InChI=1S/C22H32N2O7S/c1-13-11-14(2)16(4)20(15(13)3)32(28,29)23-17(5)21(26)31-12-19(25)24-9-7-18(8-10-24)22(27)30-6/h11,17-18,23H,7-10,12H2,1-6H3. The van der Waals surface area contributed by atoms with Gasteiger partial charge in [0.2, 0.25) is 10.0 Å². The Balaban J connectivity index is 1.95. The summed E-state index contributed by atoms with van der Waals surface area (Å²) in [5.74, 6) is -1.76. The monoisotopic (exact) mass is 468 g/mol. The molecule has 0 saturated carbocycles. The van der Waals surface area contributed by atoms with Gasteiger partial charge in [-0.25, -0.2) is 8.42 Å². The number of hydrogen-bond acceptors (Lipinski definition) is 7. The van der Waals surface area contributed by atoms with E-state index in [1.165, 1.54) is 18.9 Å². The van der Waals surface area contributed by atoms with E-state index in [0.717, 1.165) is 11.1 Å². The molecule has 1 fully saturated rings. The van der Waals surface area contributed by atoms with Crippen LogP contribution in [0.15, 0.2) is 11.0 Å². The first-order chi connectivity index (χ1) is 14.9. The number of amides is 1. The van der Waals surface area contributed by atoms with Crippen LogP contribution in [0.3, 0.4) is 0 Å². The van der Waals surface area contributed by atoms with Crippen LogP contribution in [-0.4, -0.2) is 64.0 Å². The minimum Gasteiger partial charge on any atom is -0.469 e. The SMILES string of the molecule is COC(=O)C1CCN(C(=O)COC(=O)C(C)NS(=O)(=O)c2c(C)c(C)cc(C)c2C)CC1. The number of nitrogens with zero attached hydrogens (tertiary/aromatic N) is 1. The van der Waals surface area contributed by atoms with Crippen molar-refractivity contribution in [2.24, 2.45) is 5.92 Å². The number of benzene rings is 1. The van der Waals surface area contributed by atoms with Crippen LogP contribution in [0, 0.1) is 33.6 Å². The maximum Gasteiger partial charge on any atom is 0.324 e. The molecule has 178 valence electrons. The first-order valence-corrected chi connectivity index (χ1v) is 12.0. The van der Waals surface area contributed by atoms with Gasteiger partial charge in [0.25, 0.3) is 5.91 Å². The highest BCUT2D eigenvalue weighted by molar-refractivity contribution is 7.89. The zero-order valence-electron chi connectivity index (χ0n) is 19.5. The fourth-order valence-corrected chi connectivity index (χ4v) is 5.61. The Labute approximate surface area is 189 Å². The third-order valence-corrected chi connectivity index (χ3v) is 7.79. The topological polar surface area (TPSA) is 119 Å². The lowest BCUT2D eigenvalue weighted by Crippen LogP contribution is -2.44. The highest BCUT2D eigenvalue weighted by Gasteiger charge is 2.30. The maximum absolute atomic E-state index is 13.0. The molecule has 0 bridgehead atoms. The molecule has 9 nitrogen and oxygen atoms in total. The number of nitrogens with one attached hydrogen (secondary N) is 1. The van der Waals surface area contributed by atoms with Gasteiger partial charge in [0, 0.05) is 13.1 Å². The van der Waals surface area contributed by atoms with E-state index in [9.17, 15) is 22.8 Å². The molecule has 1 aliphatic heterocycles. The van der Waals surface area contributed by atoms with Crippen molar-refractivity contribution < 1.29 is 32.3 Å². The fraction of sp³-hybridized carbons (Fsp3) is 0.591. The molecule has 1 amide bonds. The van der Waals surface area contributed by atoms with Gasteiger partial charge in [0.05, 0.1) is 17.9 Å². The molecule has 0 spiro atoms. The lowest BCUT2D eigenvalue weighted by Gasteiger charge is -2.30. The van der Waals surface area contributed by atoms with E-state index < -0.39 is 34.5 Å². The van der Waals surface area contributed by atoms with Gasteiger partial charge in [-0.15, -0.1) is 0 Å². The minimum atomic E-state index is -3.98. The molecule has 1 saturated heterocycles. The smallest absolute Gasteiger partial charge is 0.324 e. The lowest BCUT2D eigenvalue weighted by molar-refractivity contribution is -0.154. The number of piperidine rings is 1. The van der Waals surface area contributed by atoms with E-state index in [1.54, 1.807) is 13.8 Å². The van der Waals surface area contributed by atoms with Crippen molar-refractivity contribution in [2.75, 3.05) is 26.8 Å². The summed E-state index contributed by atoms with van der Waals surface area (Å²) >= 11 is 0. The molecular formula is C22H32N2O7S. The quantitative estimate of drug-likeness (QED) is 0.603. The van der Waals surface area contributed by atoms with Crippen molar-refractivity contribution in [1.29, 1.82) is 0 Å². The van der Waals surface area contributed by atoms with Crippen LogP contribution in [0.4, 0.5) is 0 Å². The zero-order chi connectivity index (χ0) is 24.2. The Morgan fingerprint density at radius 1 is 1.09 bits per heavy atom. The first kappa shape index (κ1) is 25.8. The number of sulfonamides is 1. The number of methoxy groups -OCH3 is 1. The van der Waals surface area contributed by atoms with Crippen molar-refractivity contribution in [2.45, 2.75) is 58.4 Å². The predicted octanol–water partition coefficient (Wildman–Crippen LogP) is 1.54. The number of carbonyl (C=O) groups is 3. The summed E-state index contributed by atoms with van der Waals surface area (Å²) in [4.78, 5) is 37.9. The molecule has 10 heteroatoms. The van der Waals surface area contributed by atoms with Crippen LogP contribution in [0.25, 0.3) is 0 Å². The molecule has 1 atom stereocenters. The maximum atomic E-state index is 13.0. The molecule has 32 heavy (non-hydrogen) atoms. The van der Waals surface area contributed by atoms with Gasteiger partial charge in [0.1, 0.15) is 6.04 Å². The summed E-state index contributed by atoms with van der Waals surface area (Å²) in [7, 11) is -2.65. The number of aryl methyl sites for hydroxylation is 2. The average molecular weight is 469 g/mol. The van der Waals surface area contributed by atoms with Crippen LogP contribution < -0.4 is 4.72 Å². The third-order valence-electron chi connectivity index (χ3n) is 5.97. The second kappa shape index (κ2) is 10.4. The Bertz CT molecular complexity index is 970. The molecule has 1 heterocycles. The normalized spacial score (nSPS) is 15.9. The Morgan fingerprint density at radius 3 is 2.12 bits per heavy atom. The Morgan fingerprint density at radius 2 is 1.62 bits per heavy atom. The van der Waals surface area contributed by atoms with Gasteiger partial charge >= 0.3 is 11.9 Å². The Hall–Kier alpha value is -2.46. The lowest BCUT2D eigenvalue weighted by atomic mass is 9.97. The average Bonchev–Trinajstić information content (AvgIpc) is 2.74. The molecule has 1 aromatic carbocycles. The third kappa shape index (κ3) is 5.86. The van der Waals surface area contributed by atoms with Crippen LogP contribution in [0.2, 0.25) is 0 Å². The molecule has 0 aliphatic carbocycles. The predicted molar refractivity (Wildman–Crippen MR) is 117 cm³/mol. The van der Waals surface area contributed by atoms with Crippen LogP contribution in [0.1, 0.15) is 42.0 Å². The van der Waals surface area contributed by atoms with Crippen molar-refractivity contribution in [3.63, 3.8) is 0 Å². The summed E-state index contributed by atoms with van der Waals surface area (Å²) in [5.41, 5.74) is 2.91. The van der Waals surface area contributed by atoms with E-state index in [0.29, 0.717) is 37.1 Å². The molecule has 0 aromatic heterocycles. The van der Waals surface area contributed by atoms with Crippen LogP contribution in [-0.2, 0) is 33.9 Å². The van der Waals surface area contributed by atoms with Gasteiger partial charge in [-0.3, -0.25) is 14.4 Å². The highest BCUT2D eigenvalue weighted by atomic mass is 32.2. The number of likely N-dealkylation sites (tertiary alicyclic amines) is 1. The highest BCUT2D eigenvalue weighted by Crippen LogP contribution is 2.26. The summed E-state index contributed by atoms with van der Waals surface area (Å²) in [6.07, 6.45) is 0.967. The number of ether oxygens (including phenoxy) is 2. The largest absolute Gasteiger partial charge is 0.469 e. The Kier molecular flexibility index (Phi) is 8.41. The molecule has 1 aromatic rings. The number of esters is 2. The summed E-state index contributed by atoms with van der Waals surface area (Å²) < 4.78 is 38.1. The van der Waals surface area contributed by atoms with Crippen molar-refractivity contribution in [3.8, 4) is 0 Å². The first-order valence-electron chi connectivity index (χ1n) is 10.5. The van der Waals surface area contributed by atoms with E-state index >= 15 is 0 Å². The minimum absolute atomic E-state index is 0.152. The molecule has 0 radical (unpaired) electrons. The second-order valence-electron chi connectivity index (χ2n) is 8.22. The van der Waals surface area contributed by atoms with Gasteiger partial charge in [0.15, 0.2) is 6.61 Å². The van der Waals surface area contributed by atoms with E-state index in [2.05, 4.69) is 4.72 Å². The van der Waals surface area contributed by atoms with Crippen molar-refractivity contribution in [1.82, 2.24) is 9.62 Å². The molecular weight excluding hydrogens is 436 g/mol. The van der Waals surface area contributed by atoms with Gasteiger partial charge < -0.3 is 14.4 Å². The number of carbonyl (C=O) groups excluding carboxylic acids is 3. The summed E-state index contributed by atoms with van der Waals surface area (Å²) in [6, 6.07) is 0.749. The second-order valence-corrected chi connectivity index (χ2v) is 9.87. The van der Waals surface area contributed by atoms with Crippen LogP contribution >= 0.6 is 0 Å². The summed E-state index contributed by atoms with van der Waals surface area (Å²) in [5, 5.41) is 0. The zero-order valence-corrected chi connectivity index (χ0v) is 20.3. The molecule has 1 unspecified atom stereocenters. The number of hydrogen-bond donors (Lipinski definition) is 1. The van der Waals surface area contributed by atoms with E-state index in [1.807, 2.05) is 19.9 Å². The summed E-state index contributed by atoms with van der Waals surface area (Å²) in [6.45, 7) is 8.72. The van der Waals surface area contributed by atoms with E-state index in [-0.39, 0.29) is 16.8 Å². The molecule has 2 rings (SSSR count). The van der Waals surface area contributed by atoms with Crippen molar-refractivity contribution in [3.05, 3.63) is 28.3 Å². The molecule has 1 aliphatic rings. The number of rotatable bonds is 7. The molecule has 1 N–H and O–H groups in total. The van der Waals surface area contributed by atoms with Gasteiger partial charge in [-0.05, 0) is 69.7 Å². The van der Waals surface area contributed by atoms with Gasteiger partial charge in [-0.1, -0.05) is 6.07 Å². The van der Waals surface area contributed by atoms with Crippen LogP contribution in [0.5, 0.6) is 0 Å². The van der Waals surface area contributed by atoms with Gasteiger partial charge in [-0.2, -0.15) is 4.72 Å². The van der Waals surface area contributed by atoms with Crippen molar-refractivity contribution >= 4 is 27.9 Å².